The minimum atomic E-state index is 0.599. The van der Waals surface area contributed by atoms with E-state index in [1.54, 1.807) is 0 Å². The van der Waals surface area contributed by atoms with Gasteiger partial charge < -0.3 is 10.3 Å². The maximum absolute atomic E-state index is 5.25. The van der Waals surface area contributed by atoms with Crippen LogP contribution in [0.1, 0.15) is 32.1 Å². The number of thiocarbonyl (C=S) groups is 1. The molecule has 4 heteroatoms. The van der Waals surface area contributed by atoms with Crippen LogP contribution >= 0.6 is 12.2 Å². The van der Waals surface area contributed by atoms with Crippen molar-refractivity contribution in [3.63, 3.8) is 0 Å². The lowest BCUT2D eigenvalue weighted by atomic mass is 9.95. The van der Waals surface area contributed by atoms with Crippen molar-refractivity contribution in [1.29, 1.82) is 0 Å². The molecule has 0 unspecified atom stereocenters. The molecule has 3 nitrogen and oxygen atoms in total. The number of hydrogen-bond donors (Lipinski definition) is 2. The van der Waals surface area contributed by atoms with Crippen LogP contribution in [0.2, 0.25) is 0 Å². The molecule has 3 N–H and O–H groups in total. The van der Waals surface area contributed by atoms with Crippen LogP contribution in [0.4, 0.5) is 0 Å². The largest absolute Gasteiger partial charge is 0.348 e. The molecule has 1 fully saturated rings. The Hall–Kier alpha value is -0.350. The number of nitrogens with two attached hydrogens (primary N) is 1. The van der Waals surface area contributed by atoms with Crippen LogP contribution in [0.5, 0.6) is 0 Å². The molecule has 0 atom stereocenters. The number of nitrogens with one attached hydrogen (secondary N) is 1. The van der Waals surface area contributed by atoms with Gasteiger partial charge in [0.2, 0.25) is 0 Å². The monoisotopic (exact) mass is 187 g/mol. The predicted octanol–water partition coefficient (Wildman–Crippen LogP) is 0.999. The van der Waals surface area contributed by atoms with Gasteiger partial charge in [-0.3, -0.25) is 0 Å². The number of hydrazine groups is 1. The average Bonchev–Trinajstić information content (AvgIpc) is 2.17. The molecule has 0 aromatic rings. The average molecular weight is 187 g/mol. The summed E-state index contributed by atoms with van der Waals surface area (Å²) in [6.45, 7) is 0. The summed E-state index contributed by atoms with van der Waals surface area (Å²) in [5.74, 6) is 5.25. The zero-order chi connectivity index (χ0) is 8.97. The molecule has 0 aromatic carbocycles. The van der Waals surface area contributed by atoms with Crippen molar-refractivity contribution in [3.8, 4) is 0 Å². The summed E-state index contributed by atoms with van der Waals surface area (Å²) >= 11 is 5.05. The van der Waals surface area contributed by atoms with E-state index in [4.69, 9.17) is 18.1 Å². The molecule has 0 heterocycles. The zero-order valence-electron chi connectivity index (χ0n) is 7.55. The molecule has 0 radical (unpaired) electrons. The summed E-state index contributed by atoms with van der Waals surface area (Å²) in [6, 6.07) is 0.599. The molecule has 0 bridgehead atoms. The van der Waals surface area contributed by atoms with Crippen molar-refractivity contribution in [2.75, 3.05) is 7.05 Å². The number of nitrogens with zero attached hydrogens (tertiary/aromatic N) is 1. The Kier molecular flexibility index (Phi) is 3.75. The van der Waals surface area contributed by atoms with Crippen molar-refractivity contribution >= 4 is 17.3 Å². The lowest BCUT2D eigenvalue weighted by molar-refractivity contribution is 0.276. The van der Waals surface area contributed by atoms with E-state index in [1.165, 1.54) is 32.1 Å². The maximum atomic E-state index is 5.25. The highest BCUT2D eigenvalue weighted by Gasteiger charge is 2.18. The van der Waals surface area contributed by atoms with Crippen LogP contribution in [-0.2, 0) is 0 Å². The Morgan fingerprint density at radius 2 is 2.00 bits per heavy atom. The van der Waals surface area contributed by atoms with Gasteiger partial charge in [0.1, 0.15) is 0 Å². The molecule has 1 aliphatic carbocycles. The standard InChI is InChI=1S/C8H17N3S/c1-11(8(12)10-9)7-5-3-2-4-6-7/h7H,2-6,9H2,1H3,(H,10,12). The molecule has 70 valence electrons. The van der Waals surface area contributed by atoms with Crippen molar-refractivity contribution in [3.05, 3.63) is 0 Å². The zero-order valence-corrected chi connectivity index (χ0v) is 8.36. The second kappa shape index (κ2) is 4.62. The number of rotatable bonds is 1. The quantitative estimate of drug-likeness (QED) is 0.365. The van der Waals surface area contributed by atoms with Crippen LogP contribution in [0, 0.1) is 0 Å². The third-order valence-corrected chi connectivity index (χ3v) is 2.97. The summed E-state index contributed by atoms with van der Waals surface area (Å²) in [5.41, 5.74) is 2.52. The Morgan fingerprint density at radius 3 is 2.50 bits per heavy atom. The topological polar surface area (TPSA) is 41.3 Å². The lowest BCUT2D eigenvalue weighted by Gasteiger charge is -2.32. The minimum absolute atomic E-state index is 0.599. The molecule has 1 rings (SSSR count). The summed E-state index contributed by atoms with van der Waals surface area (Å²) in [5, 5.41) is 0.655. The van der Waals surface area contributed by atoms with E-state index in [0.29, 0.717) is 11.2 Å². The first-order chi connectivity index (χ1) is 5.75. The molecule has 0 saturated heterocycles. The highest BCUT2D eigenvalue weighted by Crippen LogP contribution is 2.21. The van der Waals surface area contributed by atoms with E-state index in [1.807, 2.05) is 7.05 Å². The van der Waals surface area contributed by atoms with Crippen molar-refractivity contribution in [2.24, 2.45) is 5.84 Å². The van der Waals surface area contributed by atoms with E-state index >= 15 is 0 Å². The van der Waals surface area contributed by atoms with Gasteiger partial charge in [0, 0.05) is 13.1 Å². The Bertz CT molecular complexity index is 154. The highest BCUT2D eigenvalue weighted by molar-refractivity contribution is 7.80. The van der Waals surface area contributed by atoms with Gasteiger partial charge in [-0.1, -0.05) is 19.3 Å². The van der Waals surface area contributed by atoms with E-state index in [-0.39, 0.29) is 0 Å². The van der Waals surface area contributed by atoms with Gasteiger partial charge in [0.05, 0.1) is 0 Å². The second-order valence-electron chi connectivity index (χ2n) is 3.35. The first-order valence-electron chi connectivity index (χ1n) is 4.49. The normalized spacial score (nSPS) is 18.8. The Labute approximate surface area is 79.3 Å². The molecule has 0 aliphatic heterocycles. The Balaban J connectivity index is 2.39. The second-order valence-corrected chi connectivity index (χ2v) is 3.74. The smallest absolute Gasteiger partial charge is 0.183 e. The summed E-state index contributed by atoms with van der Waals surface area (Å²) in [4.78, 5) is 2.08. The van der Waals surface area contributed by atoms with Gasteiger partial charge >= 0.3 is 0 Å². The van der Waals surface area contributed by atoms with Crippen molar-refractivity contribution in [1.82, 2.24) is 10.3 Å². The minimum Gasteiger partial charge on any atom is -0.348 e. The van der Waals surface area contributed by atoms with E-state index in [9.17, 15) is 0 Å². The Morgan fingerprint density at radius 1 is 1.42 bits per heavy atom. The van der Waals surface area contributed by atoms with E-state index in [0.717, 1.165) is 0 Å². The van der Waals surface area contributed by atoms with Gasteiger partial charge in [-0.2, -0.15) is 0 Å². The van der Waals surface area contributed by atoms with Gasteiger partial charge in [-0.05, 0) is 25.1 Å². The molecule has 1 aliphatic rings. The predicted molar refractivity (Wildman–Crippen MR) is 54.6 cm³/mol. The molecular formula is C8H17N3S. The third-order valence-electron chi connectivity index (χ3n) is 2.57. The van der Waals surface area contributed by atoms with E-state index < -0.39 is 0 Å². The molecule has 12 heavy (non-hydrogen) atoms. The summed E-state index contributed by atoms with van der Waals surface area (Å²) in [7, 11) is 2.01. The highest BCUT2D eigenvalue weighted by atomic mass is 32.1. The fraction of sp³-hybridized carbons (Fsp3) is 0.875. The lowest BCUT2D eigenvalue weighted by Crippen LogP contribution is -2.46. The van der Waals surface area contributed by atoms with E-state index in [2.05, 4.69) is 10.3 Å². The van der Waals surface area contributed by atoms with Gasteiger partial charge in [0.15, 0.2) is 5.11 Å². The fourth-order valence-corrected chi connectivity index (χ4v) is 1.89. The van der Waals surface area contributed by atoms with Crippen LogP contribution in [0.25, 0.3) is 0 Å². The summed E-state index contributed by atoms with van der Waals surface area (Å²) in [6.07, 6.45) is 6.51. The third kappa shape index (κ3) is 2.32. The molecule has 0 aromatic heterocycles. The molecule has 1 saturated carbocycles. The fourth-order valence-electron chi connectivity index (χ4n) is 1.74. The van der Waals surface area contributed by atoms with Crippen LogP contribution in [-0.4, -0.2) is 23.1 Å². The molecule has 0 spiro atoms. The van der Waals surface area contributed by atoms with Gasteiger partial charge in [0.25, 0.3) is 0 Å². The molecular weight excluding hydrogens is 170 g/mol. The number of hydrogen-bond acceptors (Lipinski definition) is 2. The van der Waals surface area contributed by atoms with Gasteiger partial charge in [-0.25, -0.2) is 5.84 Å². The SMILES string of the molecule is CN(C(=S)NN)C1CCCCC1. The molecule has 0 amide bonds. The van der Waals surface area contributed by atoms with Crippen LogP contribution in [0.3, 0.4) is 0 Å². The maximum Gasteiger partial charge on any atom is 0.183 e. The van der Waals surface area contributed by atoms with Crippen LogP contribution in [0.15, 0.2) is 0 Å². The van der Waals surface area contributed by atoms with Crippen LogP contribution < -0.4 is 11.3 Å². The first-order valence-corrected chi connectivity index (χ1v) is 4.90. The van der Waals surface area contributed by atoms with Crippen molar-refractivity contribution in [2.45, 2.75) is 38.1 Å². The first kappa shape index (κ1) is 9.74. The van der Waals surface area contributed by atoms with Gasteiger partial charge in [-0.15, -0.1) is 0 Å². The summed E-state index contributed by atoms with van der Waals surface area (Å²) < 4.78 is 0. The van der Waals surface area contributed by atoms with Crippen molar-refractivity contribution < 1.29 is 0 Å².